The zero-order chi connectivity index (χ0) is 23.8. The van der Waals surface area contributed by atoms with E-state index in [0.717, 1.165) is 12.1 Å². The molecule has 0 saturated carbocycles. The molecule has 32 heavy (non-hydrogen) atoms. The molecule has 2 aromatic rings. The molecule has 3 N–H and O–H groups in total. The molecule has 3 rings (SSSR count). The average Bonchev–Trinajstić information content (AvgIpc) is 3.11. The van der Waals surface area contributed by atoms with E-state index in [1.54, 1.807) is 0 Å². The molecule has 0 bridgehead atoms. The summed E-state index contributed by atoms with van der Waals surface area (Å²) < 4.78 is 91.7. The first-order valence-electron chi connectivity index (χ1n) is 8.58. The van der Waals surface area contributed by atoms with Crippen molar-refractivity contribution in [3.05, 3.63) is 57.9 Å². The number of rotatable bonds is 4. The van der Waals surface area contributed by atoms with Gasteiger partial charge >= 0.3 is 18.4 Å². The number of alkyl halides is 6. The number of nitrogens with zero attached hydrogens (tertiary/aromatic N) is 2. The molecule has 2 atom stereocenters. The van der Waals surface area contributed by atoms with E-state index in [1.165, 1.54) is 0 Å². The minimum absolute atomic E-state index is 0.159. The number of urea groups is 1. The summed E-state index contributed by atoms with van der Waals surface area (Å²) in [5.74, 6) is -2.59. The van der Waals surface area contributed by atoms with E-state index in [9.17, 15) is 40.3 Å². The van der Waals surface area contributed by atoms with E-state index in [-0.39, 0.29) is 12.1 Å². The van der Waals surface area contributed by atoms with E-state index in [1.807, 2.05) is 0 Å². The molecule has 3 amide bonds. The number of carbonyl (C=O) groups excluding carboxylic acids is 2. The van der Waals surface area contributed by atoms with Gasteiger partial charge in [0.2, 0.25) is 5.91 Å². The molecular weight excluding hydrogens is 475 g/mol. The zero-order valence-electron chi connectivity index (χ0n) is 15.4. The fraction of sp³-hybridized carbons (Fsp3) is 0.294. The Morgan fingerprint density at radius 2 is 1.81 bits per heavy atom. The Labute approximate surface area is 179 Å². The lowest BCUT2D eigenvalue weighted by molar-refractivity contribution is -0.144. The van der Waals surface area contributed by atoms with Crippen molar-refractivity contribution in [2.75, 3.05) is 6.54 Å². The van der Waals surface area contributed by atoms with Crippen LogP contribution in [0, 0.1) is 5.82 Å². The van der Waals surface area contributed by atoms with E-state index < -0.39 is 64.3 Å². The third-order valence-corrected chi connectivity index (χ3v) is 4.56. The Bertz CT molecular complexity index is 1060. The van der Waals surface area contributed by atoms with Gasteiger partial charge in [-0.15, -0.1) is 0 Å². The van der Waals surface area contributed by atoms with Crippen LogP contribution in [0.1, 0.15) is 28.7 Å². The molecule has 0 aromatic carbocycles. The van der Waals surface area contributed by atoms with Gasteiger partial charge in [0.25, 0.3) is 0 Å². The molecule has 172 valence electrons. The maximum absolute atomic E-state index is 13.6. The van der Waals surface area contributed by atoms with Crippen molar-refractivity contribution in [2.24, 2.45) is 0 Å². The van der Waals surface area contributed by atoms with E-state index >= 15 is 0 Å². The van der Waals surface area contributed by atoms with Crippen molar-refractivity contribution < 1.29 is 40.3 Å². The predicted molar refractivity (Wildman–Crippen MR) is 93.8 cm³/mol. The van der Waals surface area contributed by atoms with Crippen molar-refractivity contribution in [2.45, 2.75) is 24.4 Å². The second-order valence-electron chi connectivity index (χ2n) is 6.51. The summed E-state index contributed by atoms with van der Waals surface area (Å²) >= 11 is 5.63. The SMILES string of the molecule is O=C1NC[C@@H](C(=O)N[C@@H](c2cnc(C(F)(F)F)c(Cl)c2)c2ccc(F)c(C(F)(F)F)n2)N1. The number of halogens is 8. The summed E-state index contributed by atoms with van der Waals surface area (Å²) in [6, 6.07) is -1.42. The normalized spacial score (nSPS) is 17.5. The Hall–Kier alpha value is -3.16. The minimum Gasteiger partial charge on any atom is -0.342 e. The molecule has 2 aromatic heterocycles. The Kier molecular flexibility index (Phi) is 6.18. The van der Waals surface area contributed by atoms with Gasteiger partial charge in [0.1, 0.15) is 6.04 Å². The van der Waals surface area contributed by atoms with Gasteiger partial charge in [-0.3, -0.25) is 4.79 Å². The van der Waals surface area contributed by atoms with Crippen LogP contribution in [0.5, 0.6) is 0 Å². The predicted octanol–water partition coefficient (Wildman–Crippen LogP) is 3.19. The van der Waals surface area contributed by atoms with Crippen molar-refractivity contribution in [3.8, 4) is 0 Å². The first-order chi connectivity index (χ1) is 14.8. The maximum atomic E-state index is 13.6. The monoisotopic (exact) mass is 485 g/mol. The van der Waals surface area contributed by atoms with E-state index in [2.05, 4.69) is 25.9 Å². The third-order valence-electron chi connectivity index (χ3n) is 4.27. The largest absolute Gasteiger partial charge is 0.436 e. The number of aromatic nitrogens is 2. The molecule has 15 heteroatoms. The second kappa shape index (κ2) is 8.41. The van der Waals surface area contributed by atoms with Crippen LogP contribution in [-0.2, 0) is 17.1 Å². The van der Waals surface area contributed by atoms with Crippen LogP contribution in [-0.4, -0.2) is 34.5 Å². The fourth-order valence-corrected chi connectivity index (χ4v) is 3.10. The van der Waals surface area contributed by atoms with E-state index in [0.29, 0.717) is 12.3 Å². The first-order valence-corrected chi connectivity index (χ1v) is 8.96. The minimum atomic E-state index is -5.19. The van der Waals surface area contributed by atoms with Crippen LogP contribution < -0.4 is 16.0 Å². The summed E-state index contributed by atoms with van der Waals surface area (Å²) in [7, 11) is 0. The first kappa shape index (κ1) is 23.5. The molecule has 1 aliphatic rings. The van der Waals surface area contributed by atoms with Gasteiger partial charge in [0, 0.05) is 18.3 Å². The molecule has 1 fully saturated rings. The number of hydrogen-bond acceptors (Lipinski definition) is 4. The summed E-state index contributed by atoms with van der Waals surface area (Å²) in [6.45, 7) is -0.159. The van der Waals surface area contributed by atoms with Gasteiger partial charge in [0.05, 0.1) is 16.8 Å². The van der Waals surface area contributed by atoms with Crippen molar-refractivity contribution in [1.29, 1.82) is 0 Å². The highest BCUT2D eigenvalue weighted by atomic mass is 35.5. The van der Waals surface area contributed by atoms with Crippen LogP contribution in [0.15, 0.2) is 24.4 Å². The topological polar surface area (TPSA) is 96.0 Å². The van der Waals surface area contributed by atoms with Crippen LogP contribution in [0.3, 0.4) is 0 Å². The zero-order valence-corrected chi connectivity index (χ0v) is 16.2. The van der Waals surface area contributed by atoms with Crippen molar-refractivity contribution in [1.82, 2.24) is 25.9 Å². The molecular formula is C17H11ClF7N5O2. The summed E-state index contributed by atoms with van der Waals surface area (Å²) in [5.41, 5.74) is -4.16. The van der Waals surface area contributed by atoms with Gasteiger partial charge in [-0.1, -0.05) is 11.6 Å². The summed E-state index contributed by atoms with van der Waals surface area (Å²) in [6.07, 6.45) is -9.46. The van der Waals surface area contributed by atoms with Crippen LogP contribution in [0.2, 0.25) is 5.02 Å². The Morgan fingerprint density at radius 3 is 2.34 bits per heavy atom. The quantitative estimate of drug-likeness (QED) is 0.580. The number of pyridine rings is 2. The summed E-state index contributed by atoms with van der Waals surface area (Å²) in [5, 5.41) is 5.91. The van der Waals surface area contributed by atoms with Gasteiger partial charge in [-0.05, 0) is 18.2 Å². The average molecular weight is 486 g/mol. The Morgan fingerprint density at radius 1 is 1.16 bits per heavy atom. The number of carbonyl (C=O) groups is 2. The van der Waals surface area contributed by atoms with Gasteiger partial charge in [-0.2, -0.15) is 26.3 Å². The lowest BCUT2D eigenvalue weighted by Crippen LogP contribution is -2.44. The van der Waals surface area contributed by atoms with Gasteiger partial charge in [-0.25, -0.2) is 19.2 Å². The van der Waals surface area contributed by atoms with Crippen molar-refractivity contribution >= 4 is 23.5 Å². The molecule has 0 unspecified atom stereocenters. The summed E-state index contributed by atoms with van der Waals surface area (Å²) in [4.78, 5) is 30.1. The number of hydrogen-bond donors (Lipinski definition) is 3. The van der Waals surface area contributed by atoms with Crippen molar-refractivity contribution in [3.63, 3.8) is 0 Å². The third kappa shape index (κ3) is 5.00. The Balaban J connectivity index is 2.05. The number of nitrogens with one attached hydrogen (secondary N) is 3. The van der Waals surface area contributed by atoms with Gasteiger partial charge < -0.3 is 16.0 Å². The molecule has 0 radical (unpaired) electrons. The maximum Gasteiger partial charge on any atom is 0.436 e. The highest BCUT2D eigenvalue weighted by Crippen LogP contribution is 2.36. The fourth-order valence-electron chi connectivity index (χ4n) is 2.82. The molecule has 0 aliphatic carbocycles. The second-order valence-corrected chi connectivity index (χ2v) is 6.92. The molecule has 0 spiro atoms. The number of amides is 3. The lowest BCUT2D eigenvalue weighted by atomic mass is 10.0. The highest BCUT2D eigenvalue weighted by molar-refractivity contribution is 6.31. The van der Waals surface area contributed by atoms with E-state index in [4.69, 9.17) is 11.6 Å². The lowest BCUT2D eigenvalue weighted by Gasteiger charge is -2.22. The molecule has 1 saturated heterocycles. The van der Waals surface area contributed by atoms with Gasteiger partial charge in [0.15, 0.2) is 17.2 Å². The van der Waals surface area contributed by atoms with Crippen LogP contribution in [0.4, 0.5) is 35.5 Å². The van der Waals surface area contributed by atoms with Crippen LogP contribution >= 0.6 is 11.6 Å². The standard InChI is InChI=1S/C17H11ClF7N5O2/c18-7-3-6(4-26-12(7)16(20,21)22)11(30-14(31)10-5-27-15(32)29-10)9-2-1-8(19)13(28-9)17(23,24)25/h1-4,10-11H,5H2,(H,30,31)(H2,27,29,32)/t10-,11-/m0/s1. The smallest absolute Gasteiger partial charge is 0.342 e. The van der Waals surface area contributed by atoms with Crippen LogP contribution in [0.25, 0.3) is 0 Å². The molecule has 1 aliphatic heterocycles. The molecule has 3 heterocycles. The molecule has 7 nitrogen and oxygen atoms in total. The highest BCUT2D eigenvalue weighted by Gasteiger charge is 2.39.